The zero-order valence-corrected chi connectivity index (χ0v) is 12.5. The third-order valence-electron chi connectivity index (χ3n) is 5.17. The number of hydrogen-bond acceptors (Lipinski definition) is 1. The van der Waals surface area contributed by atoms with Gasteiger partial charge in [-0.2, -0.15) is 0 Å². The second-order valence-electron chi connectivity index (χ2n) is 6.50. The summed E-state index contributed by atoms with van der Waals surface area (Å²) in [5.74, 6) is 2.57. The SMILES string of the molecule is CC1CCCC1CNC1CC(c2cccc(Cl)c2)C1. The number of benzene rings is 1. The summed E-state index contributed by atoms with van der Waals surface area (Å²) in [6.45, 7) is 3.64. The highest BCUT2D eigenvalue weighted by molar-refractivity contribution is 6.30. The first-order valence-corrected chi connectivity index (χ1v) is 8.09. The molecule has 2 fully saturated rings. The highest BCUT2D eigenvalue weighted by atomic mass is 35.5. The molecule has 0 aliphatic heterocycles. The minimum absolute atomic E-state index is 0.720. The lowest BCUT2D eigenvalue weighted by atomic mass is 9.75. The van der Waals surface area contributed by atoms with Crippen molar-refractivity contribution in [1.29, 1.82) is 0 Å². The smallest absolute Gasteiger partial charge is 0.0408 e. The Bertz CT molecular complexity index is 425. The van der Waals surface area contributed by atoms with Crippen molar-refractivity contribution in [3.8, 4) is 0 Å². The minimum atomic E-state index is 0.720. The Morgan fingerprint density at radius 3 is 2.79 bits per heavy atom. The monoisotopic (exact) mass is 277 g/mol. The summed E-state index contributed by atoms with van der Waals surface area (Å²) in [5.41, 5.74) is 1.42. The third kappa shape index (κ3) is 3.14. The third-order valence-corrected chi connectivity index (χ3v) is 5.40. The number of halogens is 1. The van der Waals surface area contributed by atoms with Gasteiger partial charge in [0, 0.05) is 11.1 Å². The van der Waals surface area contributed by atoms with Crippen molar-refractivity contribution >= 4 is 11.6 Å². The predicted octanol–water partition coefficient (Wildman–Crippen LogP) is 4.61. The summed E-state index contributed by atoms with van der Waals surface area (Å²) in [4.78, 5) is 0. The van der Waals surface area contributed by atoms with Gasteiger partial charge in [0.2, 0.25) is 0 Å². The van der Waals surface area contributed by atoms with Crippen LogP contribution in [0.2, 0.25) is 5.02 Å². The molecule has 2 heteroatoms. The van der Waals surface area contributed by atoms with E-state index >= 15 is 0 Å². The van der Waals surface area contributed by atoms with E-state index in [1.165, 1.54) is 44.2 Å². The van der Waals surface area contributed by atoms with E-state index in [0.717, 1.165) is 28.8 Å². The van der Waals surface area contributed by atoms with Crippen LogP contribution in [0.3, 0.4) is 0 Å². The average Bonchev–Trinajstić information content (AvgIpc) is 2.73. The van der Waals surface area contributed by atoms with Crippen molar-refractivity contribution in [2.75, 3.05) is 6.54 Å². The van der Waals surface area contributed by atoms with Gasteiger partial charge >= 0.3 is 0 Å². The molecule has 0 heterocycles. The summed E-state index contributed by atoms with van der Waals surface area (Å²) >= 11 is 6.05. The topological polar surface area (TPSA) is 12.0 Å². The average molecular weight is 278 g/mol. The van der Waals surface area contributed by atoms with Gasteiger partial charge < -0.3 is 5.32 Å². The number of rotatable bonds is 4. The molecule has 2 atom stereocenters. The van der Waals surface area contributed by atoms with Gasteiger partial charge in [0.15, 0.2) is 0 Å². The Kier molecular flexibility index (Phi) is 4.14. The Morgan fingerprint density at radius 2 is 2.11 bits per heavy atom. The number of hydrogen-bond donors (Lipinski definition) is 1. The van der Waals surface area contributed by atoms with E-state index in [-0.39, 0.29) is 0 Å². The summed E-state index contributed by atoms with van der Waals surface area (Å²) in [6, 6.07) is 9.10. The van der Waals surface area contributed by atoms with Gasteiger partial charge in [-0.05, 0) is 61.3 Å². The zero-order chi connectivity index (χ0) is 13.2. The molecule has 19 heavy (non-hydrogen) atoms. The fourth-order valence-electron chi connectivity index (χ4n) is 3.66. The first kappa shape index (κ1) is 13.5. The lowest BCUT2D eigenvalue weighted by Crippen LogP contribution is -2.42. The summed E-state index contributed by atoms with van der Waals surface area (Å²) in [6.07, 6.45) is 6.85. The normalized spacial score (nSPS) is 34.2. The maximum absolute atomic E-state index is 6.05. The van der Waals surface area contributed by atoms with Gasteiger partial charge in [0.05, 0.1) is 0 Å². The van der Waals surface area contributed by atoms with Gasteiger partial charge in [-0.1, -0.05) is 43.5 Å². The van der Waals surface area contributed by atoms with Crippen LogP contribution in [0.1, 0.15) is 50.5 Å². The first-order chi connectivity index (χ1) is 9.22. The molecule has 0 aromatic heterocycles. The Balaban J connectivity index is 1.43. The van der Waals surface area contributed by atoms with E-state index in [1.807, 2.05) is 6.07 Å². The molecule has 0 bridgehead atoms. The fraction of sp³-hybridized carbons (Fsp3) is 0.647. The van der Waals surface area contributed by atoms with Crippen LogP contribution in [0.5, 0.6) is 0 Å². The summed E-state index contributed by atoms with van der Waals surface area (Å²) in [7, 11) is 0. The molecule has 1 aromatic rings. The lowest BCUT2D eigenvalue weighted by Gasteiger charge is -2.37. The lowest BCUT2D eigenvalue weighted by molar-refractivity contribution is 0.264. The zero-order valence-electron chi connectivity index (χ0n) is 11.7. The van der Waals surface area contributed by atoms with Crippen LogP contribution in [0.15, 0.2) is 24.3 Å². The van der Waals surface area contributed by atoms with Crippen LogP contribution < -0.4 is 5.32 Å². The quantitative estimate of drug-likeness (QED) is 0.847. The molecule has 0 radical (unpaired) electrons. The van der Waals surface area contributed by atoms with Crippen molar-refractivity contribution in [2.24, 2.45) is 11.8 Å². The van der Waals surface area contributed by atoms with Crippen LogP contribution >= 0.6 is 11.6 Å². The molecule has 1 aromatic carbocycles. The molecule has 0 spiro atoms. The molecule has 104 valence electrons. The summed E-state index contributed by atoms with van der Waals surface area (Å²) in [5, 5.41) is 4.64. The maximum atomic E-state index is 6.05. The van der Waals surface area contributed by atoms with E-state index < -0.39 is 0 Å². The second kappa shape index (κ2) is 5.85. The van der Waals surface area contributed by atoms with Crippen LogP contribution in [-0.2, 0) is 0 Å². The molecular weight excluding hydrogens is 254 g/mol. The molecule has 2 aliphatic rings. The molecule has 3 rings (SSSR count). The largest absolute Gasteiger partial charge is 0.314 e. The Morgan fingerprint density at radius 1 is 1.26 bits per heavy atom. The molecule has 2 aliphatic carbocycles. The second-order valence-corrected chi connectivity index (χ2v) is 6.93. The van der Waals surface area contributed by atoms with E-state index in [0.29, 0.717) is 0 Å². The van der Waals surface area contributed by atoms with Crippen molar-refractivity contribution < 1.29 is 0 Å². The molecule has 1 nitrogen and oxygen atoms in total. The first-order valence-electron chi connectivity index (χ1n) is 7.71. The Hall–Kier alpha value is -0.530. The predicted molar refractivity (Wildman–Crippen MR) is 81.7 cm³/mol. The molecule has 0 amide bonds. The molecule has 0 saturated heterocycles. The standard InChI is InChI=1S/C17H24ClN/c1-12-4-2-6-14(12)11-19-17-9-15(10-17)13-5-3-7-16(18)8-13/h3,5,7-8,12,14-15,17,19H,2,4,6,9-11H2,1H3. The van der Waals surface area contributed by atoms with Crippen LogP contribution in [-0.4, -0.2) is 12.6 Å². The van der Waals surface area contributed by atoms with Crippen molar-refractivity contribution in [3.05, 3.63) is 34.9 Å². The van der Waals surface area contributed by atoms with Crippen LogP contribution in [0.25, 0.3) is 0 Å². The van der Waals surface area contributed by atoms with E-state index in [2.05, 4.69) is 30.4 Å². The summed E-state index contributed by atoms with van der Waals surface area (Å²) < 4.78 is 0. The number of nitrogens with one attached hydrogen (secondary N) is 1. The van der Waals surface area contributed by atoms with E-state index in [4.69, 9.17) is 11.6 Å². The van der Waals surface area contributed by atoms with Crippen LogP contribution in [0, 0.1) is 11.8 Å². The highest BCUT2D eigenvalue weighted by Gasteiger charge is 2.31. The maximum Gasteiger partial charge on any atom is 0.0408 e. The minimum Gasteiger partial charge on any atom is -0.314 e. The molecule has 2 saturated carbocycles. The van der Waals surface area contributed by atoms with Gasteiger partial charge in [-0.3, -0.25) is 0 Å². The van der Waals surface area contributed by atoms with Gasteiger partial charge in [0.1, 0.15) is 0 Å². The van der Waals surface area contributed by atoms with Gasteiger partial charge in [0.25, 0.3) is 0 Å². The van der Waals surface area contributed by atoms with E-state index in [1.54, 1.807) is 0 Å². The van der Waals surface area contributed by atoms with Gasteiger partial charge in [-0.25, -0.2) is 0 Å². The van der Waals surface area contributed by atoms with Gasteiger partial charge in [-0.15, -0.1) is 0 Å². The van der Waals surface area contributed by atoms with Crippen molar-refractivity contribution in [1.82, 2.24) is 5.32 Å². The van der Waals surface area contributed by atoms with Crippen molar-refractivity contribution in [3.63, 3.8) is 0 Å². The highest BCUT2D eigenvalue weighted by Crippen LogP contribution is 2.38. The van der Waals surface area contributed by atoms with Crippen LogP contribution in [0.4, 0.5) is 0 Å². The molecular formula is C17H24ClN. The fourth-order valence-corrected chi connectivity index (χ4v) is 3.86. The van der Waals surface area contributed by atoms with Crippen molar-refractivity contribution in [2.45, 2.75) is 51.0 Å². The molecule has 2 unspecified atom stereocenters. The Labute approximate surface area is 121 Å². The van der Waals surface area contributed by atoms with E-state index in [9.17, 15) is 0 Å². The molecule has 1 N–H and O–H groups in total.